The molecule has 2 aromatic rings. The van der Waals surface area contributed by atoms with Crippen LogP contribution in [-0.4, -0.2) is 53.3 Å². The molecule has 0 aliphatic carbocycles. The van der Waals surface area contributed by atoms with Crippen LogP contribution >= 0.6 is 0 Å². The Morgan fingerprint density at radius 2 is 2.37 bits per heavy atom. The molecule has 1 atom stereocenters. The van der Waals surface area contributed by atoms with Crippen LogP contribution in [-0.2, 0) is 4.74 Å². The summed E-state index contributed by atoms with van der Waals surface area (Å²) in [5.74, 6) is 1.49. The second-order valence-corrected chi connectivity index (χ2v) is 4.67. The quantitative estimate of drug-likeness (QED) is 0.859. The predicted octanol–water partition coefficient (Wildman–Crippen LogP) is 1.01. The van der Waals surface area contributed by atoms with Crippen molar-refractivity contribution >= 4 is 22.9 Å². The Labute approximate surface area is 111 Å². The van der Waals surface area contributed by atoms with Gasteiger partial charge in [-0.1, -0.05) is 0 Å². The lowest BCUT2D eigenvalue weighted by Crippen LogP contribution is -2.39. The van der Waals surface area contributed by atoms with Crippen molar-refractivity contribution in [2.24, 2.45) is 0 Å². The lowest BCUT2D eigenvalue weighted by Gasteiger charge is -2.32. The molecule has 19 heavy (non-hydrogen) atoms. The van der Waals surface area contributed by atoms with Crippen LogP contribution in [0.3, 0.4) is 0 Å². The first-order valence-electron chi connectivity index (χ1n) is 6.48. The molecule has 2 N–H and O–H groups in total. The van der Waals surface area contributed by atoms with Crippen molar-refractivity contribution in [2.45, 2.75) is 18.9 Å². The van der Waals surface area contributed by atoms with E-state index < -0.39 is 0 Å². The third-order valence-corrected chi connectivity index (χ3v) is 3.50. The molecule has 7 heteroatoms. The Bertz CT molecular complexity index is 568. The van der Waals surface area contributed by atoms with Gasteiger partial charge >= 0.3 is 0 Å². The molecule has 1 unspecified atom stereocenters. The SMILES string of the molecule is CNc1nc(N2CCCC(OC)C2)c2[nH]cnc2n1. The van der Waals surface area contributed by atoms with Gasteiger partial charge in [-0.05, 0) is 12.8 Å². The average molecular weight is 262 g/mol. The molecule has 2 aromatic heterocycles. The zero-order chi connectivity index (χ0) is 13.2. The molecule has 1 saturated heterocycles. The van der Waals surface area contributed by atoms with E-state index in [1.54, 1.807) is 13.4 Å². The number of fused-ring (bicyclic) bond motifs is 1. The van der Waals surface area contributed by atoms with Crippen LogP contribution in [0.5, 0.6) is 0 Å². The van der Waals surface area contributed by atoms with Crippen molar-refractivity contribution in [1.29, 1.82) is 0 Å². The minimum atomic E-state index is 0.264. The van der Waals surface area contributed by atoms with Crippen LogP contribution in [0, 0.1) is 0 Å². The number of rotatable bonds is 3. The summed E-state index contributed by atoms with van der Waals surface area (Å²) in [7, 11) is 3.57. The fourth-order valence-corrected chi connectivity index (χ4v) is 2.48. The van der Waals surface area contributed by atoms with Gasteiger partial charge in [0, 0.05) is 27.2 Å². The third kappa shape index (κ3) is 2.21. The van der Waals surface area contributed by atoms with Crippen molar-refractivity contribution in [3.8, 4) is 0 Å². The molecule has 0 aromatic carbocycles. The largest absolute Gasteiger partial charge is 0.380 e. The Balaban J connectivity index is 2.00. The molecule has 1 aliphatic rings. The minimum Gasteiger partial charge on any atom is -0.380 e. The third-order valence-electron chi connectivity index (χ3n) is 3.50. The molecule has 0 bridgehead atoms. The number of imidazole rings is 1. The van der Waals surface area contributed by atoms with Crippen molar-refractivity contribution in [2.75, 3.05) is 37.5 Å². The highest BCUT2D eigenvalue weighted by atomic mass is 16.5. The van der Waals surface area contributed by atoms with E-state index in [0.29, 0.717) is 11.6 Å². The molecule has 1 fully saturated rings. The van der Waals surface area contributed by atoms with Crippen molar-refractivity contribution < 1.29 is 4.74 Å². The first-order valence-corrected chi connectivity index (χ1v) is 6.48. The molecule has 3 heterocycles. The molecular weight excluding hydrogens is 244 g/mol. The number of hydrogen-bond donors (Lipinski definition) is 2. The van der Waals surface area contributed by atoms with E-state index in [-0.39, 0.29) is 6.10 Å². The normalized spacial score (nSPS) is 19.9. The number of nitrogens with one attached hydrogen (secondary N) is 2. The minimum absolute atomic E-state index is 0.264. The van der Waals surface area contributed by atoms with Gasteiger partial charge < -0.3 is 19.9 Å². The summed E-state index contributed by atoms with van der Waals surface area (Å²) in [6.07, 6.45) is 4.12. The van der Waals surface area contributed by atoms with Gasteiger partial charge in [0.15, 0.2) is 11.5 Å². The second-order valence-electron chi connectivity index (χ2n) is 4.67. The number of aromatic nitrogens is 4. The summed E-state index contributed by atoms with van der Waals surface area (Å²) in [5, 5.41) is 2.98. The Hall–Kier alpha value is -1.89. The maximum Gasteiger partial charge on any atom is 0.226 e. The number of ether oxygens (including phenoxy) is 1. The number of H-pyrrole nitrogens is 1. The first-order chi connectivity index (χ1) is 9.31. The van der Waals surface area contributed by atoms with Crippen LogP contribution in [0.4, 0.5) is 11.8 Å². The average Bonchev–Trinajstić information content (AvgIpc) is 2.94. The van der Waals surface area contributed by atoms with E-state index in [4.69, 9.17) is 4.74 Å². The van der Waals surface area contributed by atoms with Crippen molar-refractivity contribution in [1.82, 2.24) is 19.9 Å². The Morgan fingerprint density at radius 1 is 1.47 bits per heavy atom. The number of hydrogen-bond acceptors (Lipinski definition) is 6. The van der Waals surface area contributed by atoms with E-state index >= 15 is 0 Å². The van der Waals surface area contributed by atoms with Crippen molar-refractivity contribution in [3.05, 3.63) is 6.33 Å². The standard InChI is InChI=1S/C12H18N6O/c1-13-12-16-10-9(14-7-15-10)11(17-12)18-5-3-4-8(6-18)19-2/h7-8H,3-6H2,1-2H3,(H2,13,14,15,16,17). The number of anilines is 2. The monoisotopic (exact) mass is 262 g/mol. The van der Waals surface area contributed by atoms with Crippen molar-refractivity contribution in [3.63, 3.8) is 0 Å². The summed E-state index contributed by atoms with van der Waals surface area (Å²) >= 11 is 0. The maximum atomic E-state index is 5.47. The zero-order valence-corrected chi connectivity index (χ0v) is 11.2. The summed E-state index contributed by atoms with van der Waals surface area (Å²) in [6.45, 7) is 1.83. The predicted molar refractivity (Wildman–Crippen MR) is 73.5 cm³/mol. The zero-order valence-electron chi connectivity index (χ0n) is 11.2. The maximum absolute atomic E-state index is 5.47. The molecule has 3 rings (SSSR count). The number of aromatic amines is 1. The van der Waals surface area contributed by atoms with Crippen LogP contribution in [0.15, 0.2) is 6.33 Å². The van der Waals surface area contributed by atoms with E-state index in [1.807, 2.05) is 7.05 Å². The summed E-state index contributed by atoms with van der Waals surface area (Å²) in [4.78, 5) is 18.5. The van der Waals surface area contributed by atoms with Gasteiger partial charge in [0.2, 0.25) is 5.95 Å². The van der Waals surface area contributed by atoms with Crippen LogP contribution in [0.1, 0.15) is 12.8 Å². The summed E-state index contributed by atoms with van der Waals surface area (Å²) < 4.78 is 5.47. The smallest absolute Gasteiger partial charge is 0.226 e. The van der Waals surface area contributed by atoms with E-state index in [9.17, 15) is 0 Å². The molecule has 102 valence electrons. The van der Waals surface area contributed by atoms with Gasteiger partial charge in [0.1, 0.15) is 5.52 Å². The fourth-order valence-electron chi connectivity index (χ4n) is 2.48. The Kier molecular flexibility index (Phi) is 3.20. The second kappa shape index (κ2) is 5.00. The van der Waals surface area contributed by atoms with Gasteiger partial charge in [0.25, 0.3) is 0 Å². The van der Waals surface area contributed by atoms with Gasteiger partial charge in [0.05, 0.1) is 12.4 Å². The topological polar surface area (TPSA) is 79.0 Å². The number of piperidine rings is 1. The molecule has 1 aliphatic heterocycles. The lowest BCUT2D eigenvalue weighted by molar-refractivity contribution is 0.0892. The Morgan fingerprint density at radius 3 is 3.16 bits per heavy atom. The highest BCUT2D eigenvalue weighted by Gasteiger charge is 2.23. The van der Waals surface area contributed by atoms with Gasteiger partial charge in [-0.15, -0.1) is 0 Å². The highest BCUT2D eigenvalue weighted by molar-refractivity contribution is 5.84. The molecule has 0 radical (unpaired) electrons. The summed E-state index contributed by atoms with van der Waals surface area (Å²) in [6, 6.07) is 0. The van der Waals surface area contributed by atoms with E-state index in [2.05, 4.69) is 30.2 Å². The van der Waals surface area contributed by atoms with Gasteiger partial charge in [-0.25, -0.2) is 4.98 Å². The molecular formula is C12H18N6O. The lowest BCUT2D eigenvalue weighted by atomic mass is 10.1. The van der Waals surface area contributed by atoms with Gasteiger partial charge in [-0.3, -0.25) is 0 Å². The first kappa shape index (κ1) is 12.2. The number of methoxy groups -OCH3 is 1. The fraction of sp³-hybridized carbons (Fsp3) is 0.583. The van der Waals surface area contributed by atoms with Crippen LogP contribution in [0.2, 0.25) is 0 Å². The molecule has 0 amide bonds. The number of nitrogens with zero attached hydrogens (tertiary/aromatic N) is 4. The van der Waals surface area contributed by atoms with E-state index in [1.165, 1.54) is 0 Å². The van der Waals surface area contributed by atoms with Crippen LogP contribution in [0.25, 0.3) is 11.2 Å². The van der Waals surface area contributed by atoms with E-state index in [0.717, 1.165) is 37.3 Å². The summed E-state index contributed by atoms with van der Waals surface area (Å²) in [5.41, 5.74) is 1.57. The van der Waals surface area contributed by atoms with Crippen LogP contribution < -0.4 is 10.2 Å². The molecule has 0 saturated carbocycles. The highest BCUT2D eigenvalue weighted by Crippen LogP contribution is 2.26. The van der Waals surface area contributed by atoms with Gasteiger partial charge in [-0.2, -0.15) is 9.97 Å². The molecule has 0 spiro atoms. The molecule has 7 nitrogen and oxygen atoms in total.